The summed E-state index contributed by atoms with van der Waals surface area (Å²) in [5, 5.41) is 10.2. The number of halogens is 1. The molecule has 0 aliphatic carbocycles. The Labute approximate surface area is 380 Å². The third-order valence-electron chi connectivity index (χ3n) is 11.4. The van der Waals surface area contributed by atoms with Gasteiger partial charge in [0.15, 0.2) is 0 Å². The van der Waals surface area contributed by atoms with E-state index in [-0.39, 0.29) is 37.5 Å². The molecule has 6 aromatic carbocycles. The number of nitrogens with zero attached hydrogens (tertiary/aromatic N) is 4. The van der Waals surface area contributed by atoms with Gasteiger partial charge in [0.2, 0.25) is 0 Å². The number of hydrogen-bond donors (Lipinski definition) is 0. The molecule has 61 heavy (non-hydrogen) atoms. The largest absolute Gasteiger partial charge is 3.00 e. The van der Waals surface area contributed by atoms with E-state index in [9.17, 15) is 4.39 Å². The molecule has 0 spiro atoms. The second-order valence-corrected chi connectivity index (χ2v) is 29.4. The van der Waals surface area contributed by atoms with Gasteiger partial charge in [-0.1, -0.05) is 74.0 Å². The predicted octanol–water partition coefficient (Wildman–Crippen LogP) is 15.1. The molecule has 1 atom stereocenters. The standard InChI is InChI=1S/C36H26FN3S.C17H22GeN.Ir/c1-36(2,3)22-15-17-23(18-16-22)40-31-19-14-21-8-4-5-9-24(21)32(31)39-34(40)26-11-6-10-25-27-20-28-29(37)12-7-13-30(28)38-35(27)41-33(25)26;1-13(2)15-11-17(14-9-7-6-8-10-14)19-12-16(15)18(3,4)5;/h4-10,12-20,34H,1-3H3;6-9,11-13H,1-5H3;/q-2;-1;+3/i;13D;. The monoisotopic (exact) mass is 1060 g/mol. The number of aromatic nitrogens is 2. The summed E-state index contributed by atoms with van der Waals surface area (Å²) in [5.74, 6) is 6.19. The van der Waals surface area contributed by atoms with E-state index in [1.807, 2.05) is 62.5 Å². The number of hydrogen-bond acceptors (Lipinski definition) is 4. The van der Waals surface area contributed by atoms with Gasteiger partial charge in [0, 0.05) is 16.8 Å². The zero-order valence-electron chi connectivity index (χ0n) is 36.7. The van der Waals surface area contributed by atoms with Gasteiger partial charge < -0.3 is 10.2 Å². The first kappa shape index (κ1) is 41.4. The fourth-order valence-electron chi connectivity index (χ4n) is 8.17. The van der Waals surface area contributed by atoms with Gasteiger partial charge in [-0.3, -0.25) is 0 Å². The van der Waals surface area contributed by atoms with Crippen molar-refractivity contribution in [3.63, 3.8) is 0 Å². The first-order valence-corrected chi connectivity index (χ1v) is 28.6. The summed E-state index contributed by atoms with van der Waals surface area (Å²) in [7, 11) is 0. The minimum atomic E-state index is -2.03. The van der Waals surface area contributed by atoms with Gasteiger partial charge in [0.25, 0.3) is 0 Å². The van der Waals surface area contributed by atoms with Crippen molar-refractivity contribution in [3.05, 3.63) is 174 Å². The summed E-state index contributed by atoms with van der Waals surface area (Å²) in [6, 6.07) is 49.4. The van der Waals surface area contributed by atoms with Crippen LogP contribution >= 0.6 is 11.3 Å². The molecule has 1 aliphatic heterocycles. The molecule has 306 valence electrons. The third kappa shape index (κ3) is 8.14. The molecule has 0 radical (unpaired) electrons. The van der Waals surface area contributed by atoms with Crippen LogP contribution in [0.4, 0.5) is 21.5 Å². The Morgan fingerprint density at radius 1 is 0.820 bits per heavy atom. The van der Waals surface area contributed by atoms with Gasteiger partial charge in [-0.15, -0.1) is 16.6 Å². The number of rotatable bonds is 5. The maximum Gasteiger partial charge on any atom is 3.00 e. The van der Waals surface area contributed by atoms with E-state index in [2.05, 4.69) is 133 Å². The van der Waals surface area contributed by atoms with Crippen LogP contribution < -0.4 is 9.30 Å². The van der Waals surface area contributed by atoms with Crippen LogP contribution in [0, 0.1) is 17.9 Å². The Balaban J connectivity index is 0.000000214. The molecule has 3 aromatic heterocycles. The van der Waals surface area contributed by atoms with Crippen LogP contribution in [0.3, 0.4) is 0 Å². The molecule has 0 fully saturated rings. The molecule has 0 bridgehead atoms. The zero-order chi connectivity index (χ0) is 42.8. The molecule has 1 aliphatic rings. The molecular formula is C53H48FGeIrN4S. The first-order chi connectivity index (χ1) is 29.1. The number of fused-ring (bicyclic) bond motifs is 7. The molecule has 10 rings (SSSR count). The average molecular weight is 1060 g/mol. The number of thiophene rings is 1. The first-order valence-electron chi connectivity index (χ1n) is 21.0. The summed E-state index contributed by atoms with van der Waals surface area (Å²) in [4.78, 5) is 12.7. The van der Waals surface area contributed by atoms with Crippen LogP contribution in [0.1, 0.15) is 64.7 Å². The topological polar surface area (TPSA) is 43.1 Å². The van der Waals surface area contributed by atoms with Gasteiger partial charge in [0.05, 0.1) is 5.52 Å². The Bertz CT molecular complexity index is 3100. The Morgan fingerprint density at radius 3 is 2.31 bits per heavy atom. The van der Waals surface area contributed by atoms with E-state index in [0.717, 1.165) is 65.1 Å². The van der Waals surface area contributed by atoms with E-state index in [4.69, 9.17) is 11.7 Å². The van der Waals surface area contributed by atoms with Crippen molar-refractivity contribution in [3.8, 4) is 11.3 Å². The summed E-state index contributed by atoms with van der Waals surface area (Å²) in [6.07, 6.45) is 1.70. The van der Waals surface area contributed by atoms with Crippen molar-refractivity contribution in [2.45, 2.75) is 69.4 Å². The van der Waals surface area contributed by atoms with E-state index in [1.54, 1.807) is 17.4 Å². The molecule has 0 saturated carbocycles. The van der Waals surface area contributed by atoms with E-state index in [1.165, 1.54) is 21.4 Å². The number of anilines is 2. The number of benzene rings is 6. The van der Waals surface area contributed by atoms with Crippen molar-refractivity contribution >= 4 is 88.0 Å². The van der Waals surface area contributed by atoms with Crippen LogP contribution in [0.25, 0.3) is 58.6 Å². The minimum absolute atomic E-state index is 0. The van der Waals surface area contributed by atoms with Crippen LogP contribution in [-0.4, -0.2) is 23.2 Å². The molecule has 4 nitrogen and oxygen atoms in total. The normalized spacial score (nSPS) is 14.3. The molecule has 0 N–H and O–H groups in total. The number of pyridine rings is 2. The molecule has 1 unspecified atom stereocenters. The summed E-state index contributed by atoms with van der Waals surface area (Å²) < 4.78 is 25.5. The zero-order valence-corrected chi connectivity index (χ0v) is 41.0. The molecule has 4 heterocycles. The smallest absolute Gasteiger partial charge is 3.00 e. The molecule has 8 heteroatoms. The fraction of sp³-hybridized carbons (Fsp3) is 0.208. The Morgan fingerprint density at radius 2 is 1.59 bits per heavy atom. The molecule has 0 saturated heterocycles. The SMILES string of the molecule is CC(C)(C)c1ccc(N2c3ccc4ccccc4c3[N-]C2c2[c-]ccc3c2sc2nc4cccc(F)c4cc23)cc1.[2H]C(C)(C)c1cc(-c2[c-]cccc2)nc[c]1[Ge]([CH3])([CH3])[CH3].[Ir+3]. The summed E-state index contributed by atoms with van der Waals surface area (Å²) in [5.41, 5.74) is 9.19. The van der Waals surface area contributed by atoms with Gasteiger partial charge >= 0.3 is 141 Å². The van der Waals surface area contributed by atoms with Crippen LogP contribution in [0.15, 0.2) is 134 Å². The van der Waals surface area contributed by atoms with Gasteiger partial charge in [-0.05, 0) is 69.7 Å². The minimum Gasteiger partial charge on any atom is 3.00 e. The van der Waals surface area contributed by atoms with Crippen molar-refractivity contribution in [2.24, 2.45) is 0 Å². The van der Waals surface area contributed by atoms with Crippen LogP contribution in [0.2, 0.25) is 17.3 Å². The van der Waals surface area contributed by atoms with E-state index in [0.29, 0.717) is 10.9 Å². The molecule has 0 amide bonds. The Kier molecular flexibility index (Phi) is 11.4. The van der Waals surface area contributed by atoms with Gasteiger partial charge in [-0.2, -0.15) is 29.5 Å². The van der Waals surface area contributed by atoms with Crippen molar-refractivity contribution in [1.29, 1.82) is 0 Å². The van der Waals surface area contributed by atoms with Crippen LogP contribution in [0.5, 0.6) is 0 Å². The summed E-state index contributed by atoms with van der Waals surface area (Å²) in [6.45, 7) is 10.6. The second kappa shape index (κ2) is 16.7. The van der Waals surface area contributed by atoms with Crippen molar-refractivity contribution < 1.29 is 25.9 Å². The maximum atomic E-state index is 14.7. The quantitative estimate of drug-likeness (QED) is 0.127. The Hall–Kier alpha value is -4.92. The summed E-state index contributed by atoms with van der Waals surface area (Å²) >= 11 is -0.396. The second-order valence-electron chi connectivity index (χ2n) is 17.8. The predicted molar refractivity (Wildman–Crippen MR) is 256 cm³/mol. The van der Waals surface area contributed by atoms with Crippen molar-refractivity contribution in [2.75, 3.05) is 4.90 Å². The molecule has 9 aromatic rings. The van der Waals surface area contributed by atoms with E-state index >= 15 is 0 Å². The fourth-order valence-corrected chi connectivity index (χ4v) is 12.7. The maximum absolute atomic E-state index is 14.7. The van der Waals surface area contributed by atoms with Gasteiger partial charge in [0.1, 0.15) is 10.6 Å². The van der Waals surface area contributed by atoms with E-state index < -0.39 is 19.2 Å². The van der Waals surface area contributed by atoms with Crippen molar-refractivity contribution in [1.82, 2.24) is 9.97 Å². The average Bonchev–Trinajstić information content (AvgIpc) is 3.81. The van der Waals surface area contributed by atoms with Crippen LogP contribution in [-0.2, 0) is 25.5 Å². The third-order valence-corrected chi connectivity index (χ3v) is 16.8. The van der Waals surface area contributed by atoms with Gasteiger partial charge in [-0.25, -0.2) is 9.37 Å². The molecular weight excluding hydrogens is 1010 g/mol.